The number of benzene rings is 8. The summed E-state index contributed by atoms with van der Waals surface area (Å²) < 4.78 is 4.66. The molecule has 0 aliphatic heterocycles. The highest BCUT2D eigenvalue weighted by Gasteiger charge is 2.22. The van der Waals surface area contributed by atoms with Crippen LogP contribution in [0.1, 0.15) is 0 Å². The van der Waals surface area contributed by atoms with Crippen molar-refractivity contribution in [3.05, 3.63) is 200 Å². The van der Waals surface area contributed by atoms with E-state index in [0.717, 1.165) is 93.9 Å². The molecule has 12 rings (SSSR count). The maximum atomic E-state index is 5.45. The minimum atomic E-state index is 0.664. The summed E-state index contributed by atoms with van der Waals surface area (Å²) in [5, 5.41) is 5.72. The molecule has 0 spiro atoms. The van der Waals surface area contributed by atoms with E-state index in [2.05, 4.69) is 203 Å². The van der Waals surface area contributed by atoms with Crippen molar-refractivity contribution in [1.29, 1.82) is 0 Å². The second kappa shape index (κ2) is 12.8. The lowest BCUT2D eigenvalue weighted by Gasteiger charge is -2.15. The number of pyridine rings is 1. The van der Waals surface area contributed by atoms with Gasteiger partial charge >= 0.3 is 0 Å². The van der Waals surface area contributed by atoms with Crippen molar-refractivity contribution in [3.8, 4) is 50.7 Å². The molecule has 0 aliphatic carbocycles. The second-order valence-corrected chi connectivity index (χ2v) is 14.8. The highest BCUT2D eigenvalue weighted by Crippen LogP contribution is 2.42. The Bertz CT molecular complexity index is 3430. The number of hydrogen-bond acceptors (Lipinski definition) is 3. The summed E-state index contributed by atoms with van der Waals surface area (Å²) in [4.78, 5) is 16.0. The summed E-state index contributed by atoms with van der Waals surface area (Å²) in [6, 6.07) is 70.7. The lowest BCUT2D eigenvalue weighted by atomic mass is 10.0. The topological polar surface area (TPSA) is 48.0 Å². The highest BCUT2D eigenvalue weighted by molar-refractivity contribution is 6.28. The smallest absolute Gasteiger partial charge is 0.162 e. The van der Waals surface area contributed by atoms with Gasteiger partial charge in [-0.2, -0.15) is 0 Å². The molecule has 5 heteroatoms. The largest absolute Gasteiger partial charge is 0.293 e. The molecular formula is C53H33N5. The van der Waals surface area contributed by atoms with E-state index in [9.17, 15) is 0 Å². The van der Waals surface area contributed by atoms with Crippen LogP contribution in [-0.2, 0) is 0 Å². The standard InChI is InChI=1S/C53H33N5/c1-3-13-34(14-4-1)36-23-27-38(28-24-36)45-33-49(56-52(54-45)39-29-25-37(26-30-39)35-15-5-2-6-16-35)58-46-20-10-7-17-40(46)41-31-32-43-50(51(41)58)42-18-8-11-21-47(42)57-48-22-12-9-19-44(48)55-53(43)57/h1-33H. The number of nitrogens with zero attached hydrogens (tertiary/aromatic N) is 5. The van der Waals surface area contributed by atoms with E-state index in [1.165, 1.54) is 11.1 Å². The Morgan fingerprint density at radius 3 is 1.59 bits per heavy atom. The van der Waals surface area contributed by atoms with Crippen molar-refractivity contribution < 1.29 is 0 Å². The first-order chi connectivity index (χ1) is 28.8. The summed E-state index contributed by atoms with van der Waals surface area (Å²) >= 11 is 0. The van der Waals surface area contributed by atoms with Crippen molar-refractivity contribution in [2.24, 2.45) is 0 Å². The van der Waals surface area contributed by atoms with E-state index in [1.54, 1.807) is 0 Å². The van der Waals surface area contributed by atoms with Gasteiger partial charge in [0.15, 0.2) is 5.82 Å². The quantitative estimate of drug-likeness (QED) is 0.165. The number of hydrogen-bond donors (Lipinski definition) is 0. The van der Waals surface area contributed by atoms with Crippen molar-refractivity contribution >= 4 is 60.2 Å². The van der Waals surface area contributed by atoms with Crippen LogP contribution in [0.5, 0.6) is 0 Å². The zero-order valence-corrected chi connectivity index (χ0v) is 31.3. The molecule has 0 N–H and O–H groups in total. The molecule has 0 saturated heterocycles. The molecule has 0 fully saturated rings. The van der Waals surface area contributed by atoms with E-state index in [-0.39, 0.29) is 0 Å². The minimum Gasteiger partial charge on any atom is -0.293 e. The molecule has 0 radical (unpaired) electrons. The fourth-order valence-electron chi connectivity index (χ4n) is 8.82. The molecule has 4 aromatic heterocycles. The third-order valence-electron chi connectivity index (χ3n) is 11.5. The molecular weight excluding hydrogens is 707 g/mol. The summed E-state index contributed by atoms with van der Waals surface area (Å²) in [6.07, 6.45) is 0. The first-order valence-electron chi connectivity index (χ1n) is 19.6. The molecule has 58 heavy (non-hydrogen) atoms. The van der Waals surface area contributed by atoms with Crippen LogP contribution in [0.2, 0.25) is 0 Å². The molecule has 5 nitrogen and oxygen atoms in total. The fraction of sp³-hybridized carbons (Fsp3) is 0. The molecule has 12 aromatic rings. The summed E-state index contributed by atoms with van der Waals surface area (Å²) in [5.74, 6) is 1.47. The fourth-order valence-corrected chi connectivity index (χ4v) is 8.82. The number of aromatic nitrogens is 5. The maximum Gasteiger partial charge on any atom is 0.162 e. The van der Waals surface area contributed by atoms with E-state index in [1.807, 2.05) is 6.07 Å². The van der Waals surface area contributed by atoms with Crippen LogP contribution >= 0.6 is 0 Å². The van der Waals surface area contributed by atoms with Gasteiger partial charge in [-0.3, -0.25) is 8.97 Å². The number of imidazole rings is 1. The third-order valence-corrected chi connectivity index (χ3v) is 11.5. The lowest BCUT2D eigenvalue weighted by molar-refractivity contribution is 1.05. The van der Waals surface area contributed by atoms with Gasteiger partial charge < -0.3 is 0 Å². The van der Waals surface area contributed by atoms with Crippen LogP contribution in [0.4, 0.5) is 0 Å². The Hall–Kier alpha value is -7.89. The highest BCUT2D eigenvalue weighted by atomic mass is 15.1. The second-order valence-electron chi connectivity index (χ2n) is 14.8. The Balaban J connectivity index is 1.16. The van der Waals surface area contributed by atoms with Crippen molar-refractivity contribution in [2.45, 2.75) is 0 Å². The van der Waals surface area contributed by atoms with Crippen LogP contribution in [0.25, 0.3) is 111 Å². The third kappa shape index (κ3) is 5.00. The summed E-state index contributed by atoms with van der Waals surface area (Å²) in [6.45, 7) is 0. The van der Waals surface area contributed by atoms with Gasteiger partial charge in [0.1, 0.15) is 11.5 Å². The molecule has 0 atom stereocenters. The predicted octanol–water partition coefficient (Wildman–Crippen LogP) is 13.3. The van der Waals surface area contributed by atoms with E-state index < -0.39 is 0 Å². The molecule has 8 aromatic carbocycles. The normalized spacial score (nSPS) is 11.8. The molecule has 0 aliphatic rings. The Morgan fingerprint density at radius 1 is 0.345 bits per heavy atom. The van der Waals surface area contributed by atoms with Gasteiger partial charge in [0.2, 0.25) is 0 Å². The van der Waals surface area contributed by atoms with Gasteiger partial charge in [0, 0.05) is 44.1 Å². The Kier molecular flexibility index (Phi) is 7.16. The van der Waals surface area contributed by atoms with E-state index >= 15 is 0 Å². The van der Waals surface area contributed by atoms with Gasteiger partial charge in [-0.15, -0.1) is 0 Å². The number of fused-ring (bicyclic) bond motifs is 12. The van der Waals surface area contributed by atoms with Gasteiger partial charge in [0.05, 0.1) is 33.3 Å². The monoisotopic (exact) mass is 739 g/mol. The number of para-hydroxylation sites is 4. The van der Waals surface area contributed by atoms with Crippen LogP contribution < -0.4 is 0 Å². The zero-order valence-electron chi connectivity index (χ0n) is 31.3. The summed E-state index contributed by atoms with van der Waals surface area (Å²) in [5.41, 5.74) is 13.8. The average Bonchev–Trinajstić information content (AvgIpc) is 3.86. The van der Waals surface area contributed by atoms with Crippen LogP contribution in [0.15, 0.2) is 200 Å². The molecule has 0 bridgehead atoms. The van der Waals surface area contributed by atoms with Crippen LogP contribution in [0, 0.1) is 0 Å². The maximum absolute atomic E-state index is 5.45. The van der Waals surface area contributed by atoms with Crippen LogP contribution in [0.3, 0.4) is 0 Å². The zero-order chi connectivity index (χ0) is 38.2. The molecule has 0 amide bonds. The first-order valence-corrected chi connectivity index (χ1v) is 19.6. The number of rotatable bonds is 5. The molecule has 0 saturated carbocycles. The van der Waals surface area contributed by atoms with E-state index in [0.29, 0.717) is 5.82 Å². The van der Waals surface area contributed by atoms with Crippen molar-refractivity contribution in [1.82, 2.24) is 23.9 Å². The molecule has 4 heterocycles. The minimum absolute atomic E-state index is 0.664. The van der Waals surface area contributed by atoms with Gasteiger partial charge in [0.25, 0.3) is 0 Å². The SMILES string of the molecule is c1ccc(-c2ccc(-c3cc(-n4c5ccccc5c5ccc6c(c7ccccc7n7c8ccccc8nc67)c54)nc(-c4ccc(-c5ccccc5)cc4)n3)cc2)cc1. The predicted molar refractivity (Wildman–Crippen MR) is 239 cm³/mol. The van der Waals surface area contributed by atoms with Gasteiger partial charge in [-0.05, 0) is 52.6 Å². The van der Waals surface area contributed by atoms with Crippen molar-refractivity contribution in [3.63, 3.8) is 0 Å². The van der Waals surface area contributed by atoms with Gasteiger partial charge in [-0.1, -0.05) is 164 Å². The van der Waals surface area contributed by atoms with Crippen LogP contribution in [-0.4, -0.2) is 23.9 Å². The Labute approximate surface area is 333 Å². The van der Waals surface area contributed by atoms with Gasteiger partial charge in [-0.25, -0.2) is 15.0 Å². The summed E-state index contributed by atoms with van der Waals surface area (Å²) in [7, 11) is 0. The molecule has 0 unspecified atom stereocenters. The average molecular weight is 740 g/mol. The van der Waals surface area contributed by atoms with E-state index in [4.69, 9.17) is 15.0 Å². The Morgan fingerprint density at radius 2 is 0.879 bits per heavy atom. The first kappa shape index (κ1) is 32.4. The van der Waals surface area contributed by atoms with Crippen molar-refractivity contribution in [2.75, 3.05) is 0 Å². The molecule has 270 valence electrons. The lowest BCUT2D eigenvalue weighted by Crippen LogP contribution is -2.03.